The summed E-state index contributed by atoms with van der Waals surface area (Å²) in [5.41, 5.74) is 0.311. The number of unbranched alkanes of at least 4 members (excludes halogenated alkanes) is 1. The molecule has 1 rings (SSSR count). The summed E-state index contributed by atoms with van der Waals surface area (Å²) in [5.74, 6) is -0.528. The summed E-state index contributed by atoms with van der Waals surface area (Å²) in [6.07, 6.45) is 3.17. The highest BCUT2D eigenvalue weighted by Gasteiger charge is 2.14. The highest BCUT2D eigenvalue weighted by molar-refractivity contribution is 5.93. The summed E-state index contributed by atoms with van der Waals surface area (Å²) < 4.78 is 5.04. The summed E-state index contributed by atoms with van der Waals surface area (Å²) in [6, 6.07) is 0. The number of carbonyl (C=O) groups excluding carboxylic acids is 1. The molecule has 1 aromatic rings. The van der Waals surface area contributed by atoms with Gasteiger partial charge in [0.15, 0.2) is 12.1 Å². The van der Waals surface area contributed by atoms with Crippen molar-refractivity contribution in [3.05, 3.63) is 17.8 Å². The Morgan fingerprint density at radius 2 is 2.24 bits per heavy atom. The summed E-state index contributed by atoms with van der Waals surface area (Å²) in [4.78, 5) is 25.7. The largest absolute Gasteiger partial charge is 0.481 e. The Hall–Kier alpha value is -1.85. The molecular formula is C11H16N2O4. The molecule has 0 aliphatic rings. The van der Waals surface area contributed by atoms with Gasteiger partial charge < -0.3 is 14.8 Å². The zero-order chi connectivity index (χ0) is 12.7. The minimum atomic E-state index is -0.818. The maximum absolute atomic E-state index is 11.6. The van der Waals surface area contributed by atoms with E-state index in [1.165, 1.54) is 6.39 Å². The molecule has 6 heteroatoms. The van der Waals surface area contributed by atoms with E-state index < -0.39 is 5.97 Å². The fraction of sp³-hybridized carbons (Fsp3) is 0.545. The molecule has 0 fully saturated rings. The number of carboxylic acids is 1. The van der Waals surface area contributed by atoms with Gasteiger partial charge in [-0.2, -0.15) is 0 Å². The molecule has 1 amide bonds. The Kier molecular flexibility index (Phi) is 5.19. The van der Waals surface area contributed by atoms with Crippen molar-refractivity contribution >= 4 is 11.9 Å². The molecule has 0 aromatic carbocycles. The molecule has 0 radical (unpaired) electrons. The molecule has 17 heavy (non-hydrogen) atoms. The highest BCUT2D eigenvalue weighted by Crippen LogP contribution is 2.07. The van der Waals surface area contributed by atoms with Gasteiger partial charge in [0, 0.05) is 19.4 Å². The third-order valence-electron chi connectivity index (χ3n) is 2.28. The molecule has 0 spiro atoms. The number of aryl methyl sites for hydroxylation is 1. The van der Waals surface area contributed by atoms with Gasteiger partial charge in [-0.05, 0) is 12.8 Å². The van der Waals surface area contributed by atoms with Crippen LogP contribution in [0.25, 0.3) is 0 Å². The molecule has 0 saturated carbocycles. The van der Waals surface area contributed by atoms with Crippen molar-refractivity contribution in [3.63, 3.8) is 0 Å². The number of hydrogen-bond donors (Lipinski definition) is 2. The van der Waals surface area contributed by atoms with Crippen LogP contribution >= 0.6 is 0 Å². The smallest absolute Gasteiger partial charge is 0.303 e. The molecule has 2 N–H and O–H groups in total. The standard InChI is InChI=1S/C11H16N2O4/c1-2-8-10(13-7-17-8)11(16)12-6-4-3-5-9(14)15/h7H,2-6H2,1H3,(H,12,16)(H,14,15). The molecule has 6 nitrogen and oxygen atoms in total. The van der Waals surface area contributed by atoms with Crippen molar-refractivity contribution in [1.82, 2.24) is 10.3 Å². The number of aliphatic carboxylic acids is 1. The van der Waals surface area contributed by atoms with E-state index in [-0.39, 0.29) is 12.3 Å². The summed E-state index contributed by atoms with van der Waals surface area (Å²) >= 11 is 0. The van der Waals surface area contributed by atoms with Crippen LogP contribution < -0.4 is 5.32 Å². The number of hydrogen-bond acceptors (Lipinski definition) is 4. The van der Waals surface area contributed by atoms with Gasteiger partial charge in [-0.25, -0.2) is 4.98 Å². The number of oxazole rings is 1. The maximum Gasteiger partial charge on any atom is 0.303 e. The van der Waals surface area contributed by atoms with E-state index in [0.717, 1.165) is 0 Å². The van der Waals surface area contributed by atoms with Crippen LogP contribution in [0.5, 0.6) is 0 Å². The van der Waals surface area contributed by atoms with E-state index in [4.69, 9.17) is 9.52 Å². The van der Waals surface area contributed by atoms with Crippen LogP contribution in [0.15, 0.2) is 10.8 Å². The third-order valence-corrected chi connectivity index (χ3v) is 2.28. The van der Waals surface area contributed by atoms with Crippen molar-refractivity contribution in [3.8, 4) is 0 Å². The Balaban J connectivity index is 2.28. The second kappa shape index (κ2) is 6.67. The van der Waals surface area contributed by atoms with Crippen LogP contribution in [-0.2, 0) is 11.2 Å². The number of aromatic nitrogens is 1. The summed E-state index contributed by atoms with van der Waals surface area (Å²) in [5, 5.41) is 11.1. The predicted octanol–water partition coefficient (Wildman–Crippen LogP) is 1.22. The lowest BCUT2D eigenvalue weighted by atomic mass is 10.2. The lowest BCUT2D eigenvalue weighted by Crippen LogP contribution is -2.25. The van der Waals surface area contributed by atoms with E-state index in [2.05, 4.69) is 10.3 Å². The monoisotopic (exact) mass is 240 g/mol. The van der Waals surface area contributed by atoms with Crippen molar-refractivity contribution in [2.75, 3.05) is 6.54 Å². The van der Waals surface area contributed by atoms with Crippen LogP contribution in [0, 0.1) is 0 Å². The van der Waals surface area contributed by atoms with Crippen LogP contribution in [0.2, 0.25) is 0 Å². The first-order valence-corrected chi connectivity index (χ1v) is 5.57. The van der Waals surface area contributed by atoms with E-state index >= 15 is 0 Å². The van der Waals surface area contributed by atoms with E-state index in [0.29, 0.717) is 37.3 Å². The zero-order valence-corrected chi connectivity index (χ0v) is 9.73. The van der Waals surface area contributed by atoms with Gasteiger partial charge in [-0.15, -0.1) is 0 Å². The number of nitrogens with one attached hydrogen (secondary N) is 1. The van der Waals surface area contributed by atoms with Gasteiger partial charge >= 0.3 is 5.97 Å². The fourth-order valence-corrected chi connectivity index (χ4v) is 1.39. The van der Waals surface area contributed by atoms with E-state index in [1.807, 2.05) is 6.92 Å². The van der Waals surface area contributed by atoms with Crippen molar-refractivity contribution in [2.24, 2.45) is 0 Å². The first kappa shape index (κ1) is 13.2. The molecule has 0 aliphatic heterocycles. The number of amides is 1. The molecular weight excluding hydrogens is 224 g/mol. The minimum absolute atomic E-state index is 0.125. The molecule has 0 aliphatic carbocycles. The molecule has 0 bridgehead atoms. The Morgan fingerprint density at radius 1 is 1.47 bits per heavy atom. The average Bonchev–Trinajstić information content (AvgIpc) is 2.75. The lowest BCUT2D eigenvalue weighted by molar-refractivity contribution is -0.137. The van der Waals surface area contributed by atoms with Crippen LogP contribution in [0.1, 0.15) is 42.4 Å². The molecule has 1 heterocycles. The van der Waals surface area contributed by atoms with E-state index in [9.17, 15) is 9.59 Å². The van der Waals surface area contributed by atoms with Gasteiger partial charge in [0.1, 0.15) is 5.76 Å². The number of rotatable bonds is 7. The van der Waals surface area contributed by atoms with Crippen LogP contribution in [0.3, 0.4) is 0 Å². The van der Waals surface area contributed by atoms with Crippen molar-refractivity contribution < 1.29 is 19.1 Å². The SMILES string of the molecule is CCc1ocnc1C(=O)NCCCCC(=O)O. The van der Waals surface area contributed by atoms with Gasteiger partial charge in [0.05, 0.1) is 0 Å². The summed E-state index contributed by atoms with van der Waals surface area (Å²) in [7, 11) is 0. The number of carboxylic acid groups (broad SMARTS) is 1. The Bertz CT molecular complexity index is 387. The fourth-order valence-electron chi connectivity index (χ4n) is 1.39. The molecule has 0 unspecified atom stereocenters. The molecule has 0 atom stereocenters. The molecule has 1 aromatic heterocycles. The normalized spacial score (nSPS) is 10.2. The zero-order valence-electron chi connectivity index (χ0n) is 9.73. The van der Waals surface area contributed by atoms with Crippen LogP contribution in [0.4, 0.5) is 0 Å². The van der Waals surface area contributed by atoms with Gasteiger partial charge in [0.2, 0.25) is 0 Å². The highest BCUT2D eigenvalue weighted by atomic mass is 16.4. The number of nitrogens with zero attached hydrogens (tertiary/aromatic N) is 1. The lowest BCUT2D eigenvalue weighted by Gasteiger charge is -2.02. The number of carbonyl (C=O) groups is 2. The molecule has 0 saturated heterocycles. The maximum atomic E-state index is 11.6. The van der Waals surface area contributed by atoms with Gasteiger partial charge in [-0.1, -0.05) is 6.92 Å². The molecule has 94 valence electrons. The second-order valence-electron chi connectivity index (χ2n) is 3.58. The first-order chi connectivity index (χ1) is 8.15. The van der Waals surface area contributed by atoms with E-state index in [1.54, 1.807) is 0 Å². The van der Waals surface area contributed by atoms with Crippen molar-refractivity contribution in [2.45, 2.75) is 32.6 Å². The minimum Gasteiger partial charge on any atom is -0.481 e. The predicted molar refractivity (Wildman–Crippen MR) is 59.7 cm³/mol. The third kappa shape index (κ3) is 4.26. The first-order valence-electron chi connectivity index (χ1n) is 5.57. The van der Waals surface area contributed by atoms with Gasteiger partial charge in [-0.3, -0.25) is 9.59 Å². The van der Waals surface area contributed by atoms with Crippen molar-refractivity contribution in [1.29, 1.82) is 0 Å². The quantitative estimate of drug-likeness (QED) is 0.699. The Morgan fingerprint density at radius 3 is 2.88 bits per heavy atom. The Labute approximate surface area is 99.0 Å². The second-order valence-corrected chi connectivity index (χ2v) is 3.58. The topological polar surface area (TPSA) is 92.4 Å². The summed E-state index contributed by atoms with van der Waals surface area (Å²) in [6.45, 7) is 2.33. The van der Waals surface area contributed by atoms with Crippen LogP contribution in [-0.4, -0.2) is 28.5 Å². The average molecular weight is 240 g/mol. The van der Waals surface area contributed by atoms with Gasteiger partial charge in [0.25, 0.3) is 5.91 Å².